The molecule has 1 saturated heterocycles. The van der Waals surface area contributed by atoms with E-state index in [1.807, 2.05) is 20.2 Å². The first-order valence-electron chi connectivity index (χ1n) is 7.06. The number of hydrogen-bond acceptors (Lipinski definition) is 4. The van der Waals surface area contributed by atoms with Crippen molar-refractivity contribution in [2.75, 3.05) is 26.8 Å². The molecule has 0 aromatic carbocycles. The van der Waals surface area contributed by atoms with E-state index in [0.717, 1.165) is 31.5 Å². The summed E-state index contributed by atoms with van der Waals surface area (Å²) >= 11 is 0. The molecule has 1 atom stereocenters. The van der Waals surface area contributed by atoms with Crippen molar-refractivity contribution in [3.8, 4) is 0 Å². The number of piperidine rings is 1. The fraction of sp³-hybridized carbons (Fsp3) is 0.714. The van der Waals surface area contributed by atoms with Gasteiger partial charge in [0.25, 0.3) is 0 Å². The number of aryl methyl sites for hydroxylation is 1. The number of aromatic nitrogens is 2. The van der Waals surface area contributed by atoms with Crippen LogP contribution in [0.1, 0.15) is 31.4 Å². The summed E-state index contributed by atoms with van der Waals surface area (Å²) in [6, 6.07) is -0.0418. The number of methoxy groups -OCH3 is 1. The highest BCUT2D eigenvalue weighted by atomic mass is 35.5. The zero-order chi connectivity index (χ0) is 14.6. The number of nitrogens with zero attached hydrogens (tertiary/aromatic N) is 2. The van der Waals surface area contributed by atoms with Crippen molar-refractivity contribution < 1.29 is 9.53 Å². The predicted molar refractivity (Wildman–Crippen MR) is 83.4 cm³/mol. The Bertz CT molecular complexity index is 452. The predicted octanol–water partition coefficient (Wildman–Crippen LogP) is 1.04. The second-order valence-corrected chi connectivity index (χ2v) is 5.61. The normalized spacial score (nSPS) is 18.6. The molecule has 0 spiro atoms. The molecule has 0 aliphatic carbocycles. The van der Waals surface area contributed by atoms with Gasteiger partial charge in [0.2, 0.25) is 5.91 Å². The summed E-state index contributed by atoms with van der Waals surface area (Å²) in [4.78, 5) is 12.7. The standard InChI is InChI=1S/C14H24N4O2.ClH/c1-11(12-8-16-18(2)9-12)17-13(19)14(10-20-3)4-6-15-7-5-14;/h8-9,11,15H,4-7,10H2,1-3H3,(H,17,19);1H. The van der Waals surface area contributed by atoms with Gasteiger partial charge >= 0.3 is 0 Å². The van der Waals surface area contributed by atoms with Crippen LogP contribution in [-0.2, 0) is 16.6 Å². The van der Waals surface area contributed by atoms with Gasteiger partial charge in [0.05, 0.1) is 24.3 Å². The molecule has 2 N–H and O–H groups in total. The fourth-order valence-corrected chi connectivity index (χ4v) is 2.72. The maximum absolute atomic E-state index is 12.7. The molecule has 1 aromatic heterocycles. The highest BCUT2D eigenvalue weighted by Crippen LogP contribution is 2.30. The largest absolute Gasteiger partial charge is 0.384 e. The van der Waals surface area contributed by atoms with Crippen molar-refractivity contribution in [2.24, 2.45) is 12.5 Å². The van der Waals surface area contributed by atoms with Crippen LogP contribution >= 0.6 is 12.4 Å². The molecule has 21 heavy (non-hydrogen) atoms. The number of hydrogen-bond donors (Lipinski definition) is 2. The van der Waals surface area contributed by atoms with Crippen LogP contribution in [0.25, 0.3) is 0 Å². The molecule has 2 heterocycles. The van der Waals surface area contributed by atoms with E-state index in [9.17, 15) is 4.79 Å². The van der Waals surface area contributed by atoms with Crippen LogP contribution in [-0.4, -0.2) is 42.5 Å². The van der Waals surface area contributed by atoms with Crippen molar-refractivity contribution in [3.63, 3.8) is 0 Å². The molecule has 1 fully saturated rings. The van der Waals surface area contributed by atoms with Gasteiger partial charge in [0.1, 0.15) is 0 Å². The van der Waals surface area contributed by atoms with Crippen LogP contribution in [0.5, 0.6) is 0 Å². The Morgan fingerprint density at radius 2 is 2.24 bits per heavy atom. The Labute approximate surface area is 132 Å². The molecule has 1 unspecified atom stereocenters. The third-order valence-electron chi connectivity index (χ3n) is 4.04. The minimum absolute atomic E-state index is 0. The Morgan fingerprint density at radius 1 is 1.57 bits per heavy atom. The van der Waals surface area contributed by atoms with E-state index in [4.69, 9.17) is 4.74 Å². The van der Waals surface area contributed by atoms with Crippen molar-refractivity contribution in [2.45, 2.75) is 25.8 Å². The average Bonchev–Trinajstić information content (AvgIpc) is 2.87. The third kappa shape index (κ3) is 4.18. The summed E-state index contributed by atoms with van der Waals surface area (Å²) < 4.78 is 7.04. The lowest BCUT2D eigenvalue weighted by molar-refractivity contribution is -0.136. The Kier molecular flexibility index (Phi) is 6.64. The quantitative estimate of drug-likeness (QED) is 0.851. The molecule has 1 aliphatic rings. The lowest BCUT2D eigenvalue weighted by Gasteiger charge is -2.36. The van der Waals surface area contributed by atoms with Crippen LogP contribution in [0.4, 0.5) is 0 Å². The Morgan fingerprint density at radius 3 is 2.76 bits per heavy atom. The first-order valence-corrected chi connectivity index (χ1v) is 7.06. The summed E-state index contributed by atoms with van der Waals surface area (Å²) in [5.41, 5.74) is 0.610. The molecule has 1 aromatic rings. The number of rotatable bonds is 5. The van der Waals surface area contributed by atoms with Gasteiger partial charge < -0.3 is 15.4 Å². The maximum atomic E-state index is 12.7. The molecule has 2 rings (SSSR count). The van der Waals surface area contributed by atoms with Crippen LogP contribution in [0.3, 0.4) is 0 Å². The van der Waals surface area contributed by atoms with Crippen LogP contribution in [0, 0.1) is 5.41 Å². The van der Waals surface area contributed by atoms with Gasteiger partial charge in [-0.2, -0.15) is 5.10 Å². The van der Waals surface area contributed by atoms with Crippen LogP contribution in [0.15, 0.2) is 12.4 Å². The van der Waals surface area contributed by atoms with E-state index < -0.39 is 5.41 Å². The maximum Gasteiger partial charge on any atom is 0.229 e. The van der Waals surface area contributed by atoms with E-state index >= 15 is 0 Å². The van der Waals surface area contributed by atoms with Gasteiger partial charge in [-0.3, -0.25) is 9.48 Å². The van der Waals surface area contributed by atoms with Crippen molar-refractivity contribution in [1.29, 1.82) is 0 Å². The molecule has 0 radical (unpaired) electrons. The number of carbonyl (C=O) groups excluding carboxylic acids is 1. The highest BCUT2D eigenvalue weighted by Gasteiger charge is 2.40. The minimum atomic E-state index is -0.406. The van der Waals surface area contributed by atoms with Crippen LogP contribution < -0.4 is 10.6 Å². The monoisotopic (exact) mass is 316 g/mol. The molecule has 0 saturated carbocycles. The molecule has 120 valence electrons. The zero-order valence-corrected chi connectivity index (χ0v) is 13.7. The molecular formula is C14H25ClN4O2. The lowest BCUT2D eigenvalue weighted by atomic mass is 9.78. The SMILES string of the molecule is COCC1(C(=O)NC(C)c2cnn(C)c2)CCNCC1.Cl. The number of amides is 1. The minimum Gasteiger partial charge on any atom is -0.384 e. The topological polar surface area (TPSA) is 68.2 Å². The summed E-state index contributed by atoms with van der Waals surface area (Å²) in [7, 11) is 3.53. The summed E-state index contributed by atoms with van der Waals surface area (Å²) in [6.45, 7) is 4.17. The smallest absolute Gasteiger partial charge is 0.229 e. The van der Waals surface area contributed by atoms with Gasteiger partial charge in [-0.15, -0.1) is 12.4 Å². The molecular weight excluding hydrogens is 292 g/mol. The summed E-state index contributed by atoms with van der Waals surface area (Å²) in [5, 5.41) is 10.5. The van der Waals surface area contributed by atoms with E-state index in [1.54, 1.807) is 18.0 Å². The highest BCUT2D eigenvalue weighted by molar-refractivity contribution is 5.85. The Hall–Kier alpha value is -1.11. The zero-order valence-electron chi connectivity index (χ0n) is 12.9. The Balaban J connectivity index is 0.00000220. The number of ether oxygens (including phenoxy) is 1. The van der Waals surface area contributed by atoms with Gasteiger partial charge in [0.15, 0.2) is 0 Å². The molecule has 1 aliphatic heterocycles. The number of nitrogens with one attached hydrogen (secondary N) is 2. The van der Waals surface area contributed by atoms with E-state index in [1.165, 1.54) is 0 Å². The van der Waals surface area contributed by atoms with Crippen molar-refractivity contribution >= 4 is 18.3 Å². The van der Waals surface area contributed by atoms with E-state index in [-0.39, 0.29) is 24.4 Å². The third-order valence-corrected chi connectivity index (χ3v) is 4.04. The molecule has 1 amide bonds. The molecule has 7 heteroatoms. The second-order valence-electron chi connectivity index (χ2n) is 5.61. The fourth-order valence-electron chi connectivity index (χ4n) is 2.72. The van der Waals surface area contributed by atoms with E-state index in [2.05, 4.69) is 15.7 Å². The van der Waals surface area contributed by atoms with Crippen molar-refractivity contribution in [1.82, 2.24) is 20.4 Å². The van der Waals surface area contributed by atoms with Gasteiger partial charge in [-0.25, -0.2) is 0 Å². The lowest BCUT2D eigenvalue weighted by Crippen LogP contribution is -2.50. The average molecular weight is 317 g/mol. The number of carbonyl (C=O) groups is 1. The number of halogens is 1. The van der Waals surface area contributed by atoms with Crippen molar-refractivity contribution in [3.05, 3.63) is 18.0 Å². The molecule has 6 nitrogen and oxygen atoms in total. The first kappa shape index (κ1) is 17.9. The molecule has 0 bridgehead atoms. The van der Waals surface area contributed by atoms with E-state index in [0.29, 0.717) is 6.61 Å². The summed E-state index contributed by atoms with van der Waals surface area (Å²) in [5.74, 6) is 0.0807. The first-order chi connectivity index (χ1) is 9.57. The van der Waals surface area contributed by atoms with Crippen LogP contribution in [0.2, 0.25) is 0 Å². The van der Waals surface area contributed by atoms with Gasteiger partial charge in [0, 0.05) is 25.9 Å². The van der Waals surface area contributed by atoms with Gasteiger partial charge in [-0.1, -0.05) is 0 Å². The summed E-state index contributed by atoms with van der Waals surface area (Å²) in [6.07, 6.45) is 5.34. The second kappa shape index (κ2) is 7.77. The van der Waals surface area contributed by atoms with Gasteiger partial charge in [-0.05, 0) is 32.9 Å².